The molecule has 0 radical (unpaired) electrons. The fourth-order valence-electron chi connectivity index (χ4n) is 3.31. The average molecular weight is 321 g/mol. The van der Waals surface area contributed by atoms with Crippen molar-refractivity contribution in [2.45, 2.75) is 71.9 Å². The second-order valence-corrected chi connectivity index (χ2v) is 7.21. The zero-order valence-corrected chi connectivity index (χ0v) is 14.7. The van der Waals surface area contributed by atoms with E-state index in [1.807, 2.05) is 11.6 Å². The van der Waals surface area contributed by atoms with E-state index in [2.05, 4.69) is 24.3 Å². The average Bonchev–Trinajstić information content (AvgIpc) is 2.74. The summed E-state index contributed by atoms with van der Waals surface area (Å²) < 4.78 is 1.92. The molecule has 5 nitrogen and oxygen atoms in total. The number of carbonyl (C=O) groups excluding carboxylic acids is 1. The molecule has 1 saturated carbocycles. The van der Waals surface area contributed by atoms with Gasteiger partial charge in [0, 0.05) is 30.8 Å². The molecule has 1 aliphatic carbocycles. The lowest BCUT2D eigenvalue weighted by molar-refractivity contribution is 0.0898. The quantitative estimate of drug-likeness (QED) is 0.792. The SMILES string of the molecule is Cc1c(C(=O)NC2CCCCCC2CO)cnn1CCC(C)C. The number of nitrogens with one attached hydrogen (secondary N) is 1. The van der Waals surface area contributed by atoms with Gasteiger partial charge in [-0.25, -0.2) is 0 Å². The van der Waals surface area contributed by atoms with Gasteiger partial charge in [-0.2, -0.15) is 5.10 Å². The molecule has 1 aliphatic rings. The standard InChI is InChI=1S/C18H31N3O2/c1-13(2)9-10-21-14(3)16(11-19-21)18(23)20-17-8-6-4-5-7-15(17)12-22/h11,13,15,17,22H,4-10,12H2,1-3H3,(H,20,23). The Kier molecular flexibility index (Phi) is 6.63. The van der Waals surface area contributed by atoms with E-state index >= 15 is 0 Å². The molecule has 0 aromatic carbocycles. The van der Waals surface area contributed by atoms with Crippen LogP contribution in [-0.2, 0) is 6.54 Å². The third kappa shape index (κ3) is 4.80. The third-order valence-electron chi connectivity index (χ3n) is 4.98. The van der Waals surface area contributed by atoms with Gasteiger partial charge in [0.25, 0.3) is 5.91 Å². The normalized spacial score (nSPS) is 22.1. The monoisotopic (exact) mass is 321 g/mol. The summed E-state index contributed by atoms with van der Waals surface area (Å²) in [5.41, 5.74) is 1.59. The molecule has 2 unspecified atom stereocenters. The highest BCUT2D eigenvalue weighted by Crippen LogP contribution is 2.23. The van der Waals surface area contributed by atoms with Crippen LogP contribution in [0.3, 0.4) is 0 Å². The molecule has 0 spiro atoms. The van der Waals surface area contributed by atoms with Crippen LogP contribution in [0.4, 0.5) is 0 Å². The molecular formula is C18H31N3O2. The van der Waals surface area contributed by atoms with E-state index in [-0.39, 0.29) is 24.5 Å². The van der Waals surface area contributed by atoms with Gasteiger partial charge in [0.1, 0.15) is 0 Å². The van der Waals surface area contributed by atoms with Crippen LogP contribution in [0.5, 0.6) is 0 Å². The lowest BCUT2D eigenvalue weighted by atomic mass is 9.95. The Morgan fingerprint density at radius 1 is 1.39 bits per heavy atom. The van der Waals surface area contributed by atoms with Gasteiger partial charge in [0.2, 0.25) is 0 Å². The van der Waals surface area contributed by atoms with Crippen LogP contribution in [0, 0.1) is 18.8 Å². The molecule has 2 atom stereocenters. The van der Waals surface area contributed by atoms with Crippen molar-refractivity contribution in [2.24, 2.45) is 11.8 Å². The first-order valence-electron chi connectivity index (χ1n) is 8.97. The van der Waals surface area contributed by atoms with Crippen molar-refractivity contribution < 1.29 is 9.90 Å². The number of aromatic nitrogens is 2. The summed E-state index contributed by atoms with van der Waals surface area (Å²) in [5.74, 6) is 0.744. The van der Waals surface area contributed by atoms with Crippen molar-refractivity contribution in [3.63, 3.8) is 0 Å². The van der Waals surface area contributed by atoms with Gasteiger partial charge in [0.15, 0.2) is 0 Å². The maximum atomic E-state index is 12.6. The number of carbonyl (C=O) groups is 1. The number of rotatable bonds is 6. The Hall–Kier alpha value is -1.36. The van der Waals surface area contributed by atoms with Crippen LogP contribution in [0.2, 0.25) is 0 Å². The van der Waals surface area contributed by atoms with Gasteiger partial charge >= 0.3 is 0 Å². The summed E-state index contributed by atoms with van der Waals surface area (Å²) in [6.45, 7) is 7.33. The van der Waals surface area contributed by atoms with Crippen LogP contribution in [0.1, 0.15) is 68.4 Å². The summed E-state index contributed by atoms with van der Waals surface area (Å²) in [4.78, 5) is 12.6. The lowest BCUT2D eigenvalue weighted by Gasteiger charge is -2.24. The molecular weight excluding hydrogens is 290 g/mol. The maximum Gasteiger partial charge on any atom is 0.254 e. The second-order valence-electron chi connectivity index (χ2n) is 7.21. The molecule has 2 N–H and O–H groups in total. The van der Waals surface area contributed by atoms with Gasteiger partial charge in [-0.3, -0.25) is 9.48 Å². The summed E-state index contributed by atoms with van der Waals surface area (Å²) in [5, 5.41) is 17.1. The number of hydrogen-bond acceptors (Lipinski definition) is 3. The number of nitrogens with zero attached hydrogens (tertiary/aromatic N) is 2. The number of aliphatic hydroxyl groups is 1. The summed E-state index contributed by atoms with van der Waals surface area (Å²) >= 11 is 0. The fourth-order valence-corrected chi connectivity index (χ4v) is 3.31. The van der Waals surface area contributed by atoms with E-state index in [0.717, 1.165) is 44.3 Å². The Bertz CT molecular complexity index is 510. The van der Waals surface area contributed by atoms with Crippen molar-refractivity contribution in [3.8, 4) is 0 Å². The molecule has 1 heterocycles. The van der Waals surface area contributed by atoms with Crippen LogP contribution in [-0.4, -0.2) is 33.4 Å². The lowest BCUT2D eigenvalue weighted by Crippen LogP contribution is -2.41. The van der Waals surface area contributed by atoms with Gasteiger partial charge in [-0.1, -0.05) is 33.1 Å². The van der Waals surface area contributed by atoms with Crippen molar-refractivity contribution in [2.75, 3.05) is 6.61 Å². The molecule has 0 bridgehead atoms. The first-order chi connectivity index (χ1) is 11.0. The Morgan fingerprint density at radius 2 is 2.13 bits per heavy atom. The first-order valence-corrected chi connectivity index (χ1v) is 8.97. The van der Waals surface area contributed by atoms with Gasteiger partial charge in [-0.15, -0.1) is 0 Å². The predicted octanol–water partition coefficient (Wildman–Crippen LogP) is 2.91. The Balaban J connectivity index is 2.02. The van der Waals surface area contributed by atoms with E-state index in [9.17, 15) is 9.90 Å². The van der Waals surface area contributed by atoms with E-state index in [1.165, 1.54) is 6.42 Å². The summed E-state index contributed by atoms with van der Waals surface area (Å²) in [6.07, 6.45) is 8.13. The highest BCUT2D eigenvalue weighted by molar-refractivity contribution is 5.95. The van der Waals surface area contributed by atoms with Crippen molar-refractivity contribution >= 4 is 5.91 Å². The van der Waals surface area contributed by atoms with E-state index in [1.54, 1.807) is 6.20 Å². The van der Waals surface area contributed by atoms with Crippen LogP contribution < -0.4 is 5.32 Å². The zero-order chi connectivity index (χ0) is 16.8. The molecule has 1 aromatic rings. The Morgan fingerprint density at radius 3 is 2.83 bits per heavy atom. The minimum atomic E-state index is -0.0522. The molecule has 0 aliphatic heterocycles. The minimum absolute atomic E-state index is 0.0522. The van der Waals surface area contributed by atoms with Gasteiger partial charge in [0.05, 0.1) is 11.8 Å². The van der Waals surface area contributed by atoms with Crippen LogP contribution in [0.25, 0.3) is 0 Å². The highest BCUT2D eigenvalue weighted by atomic mass is 16.3. The Labute approximate surface area is 139 Å². The summed E-state index contributed by atoms with van der Waals surface area (Å²) in [6, 6.07) is 0.0772. The molecule has 1 aromatic heterocycles. The van der Waals surface area contributed by atoms with Gasteiger partial charge in [-0.05, 0) is 32.1 Å². The van der Waals surface area contributed by atoms with Crippen molar-refractivity contribution in [1.82, 2.24) is 15.1 Å². The topological polar surface area (TPSA) is 67.2 Å². The van der Waals surface area contributed by atoms with Crippen LogP contribution >= 0.6 is 0 Å². The molecule has 1 fully saturated rings. The second kappa shape index (κ2) is 8.48. The zero-order valence-electron chi connectivity index (χ0n) is 14.7. The van der Waals surface area contributed by atoms with E-state index in [4.69, 9.17) is 0 Å². The largest absolute Gasteiger partial charge is 0.396 e. The van der Waals surface area contributed by atoms with Crippen molar-refractivity contribution in [3.05, 3.63) is 17.5 Å². The summed E-state index contributed by atoms with van der Waals surface area (Å²) in [7, 11) is 0. The fraction of sp³-hybridized carbons (Fsp3) is 0.778. The number of hydrogen-bond donors (Lipinski definition) is 2. The third-order valence-corrected chi connectivity index (χ3v) is 4.98. The molecule has 23 heavy (non-hydrogen) atoms. The van der Waals surface area contributed by atoms with Crippen LogP contribution in [0.15, 0.2) is 6.20 Å². The molecule has 0 saturated heterocycles. The van der Waals surface area contributed by atoms with Gasteiger partial charge < -0.3 is 10.4 Å². The minimum Gasteiger partial charge on any atom is -0.396 e. The van der Waals surface area contributed by atoms with Crippen molar-refractivity contribution in [1.29, 1.82) is 0 Å². The maximum absolute atomic E-state index is 12.6. The number of amides is 1. The van der Waals surface area contributed by atoms with E-state index < -0.39 is 0 Å². The molecule has 130 valence electrons. The highest BCUT2D eigenvalue weighted by Gasteiger charge is 2.26. The molecule has 2 rings (SSSR count). The number of aliphatic hydroxyl groups excluding tert-OH is 1. The smallest absolute Gasteiger partial charge is 0.254 e. The molecule has 1 amide bonds. The predicted molar refractivity (Wildman–Crippen MR) is 91.3 cm³/mol. The number of aryl methyl sites for hydroxylation is 1. The molecule has 5 heteroatoms. The van der Waals surface area contributed by atoms with E-state index in [0.29, 0.717) is 11.5 Å². The first kappa shape index (κ1) is 18.0.